The van der Waals surface area contributed by atoms with Crippen molar-refractivity contribution in [3.8, 4) is 11.6 Å². The molecular weight excluding hydrogens is 507 g/mol. The molecule has 3 rings (SSSR count). The minimum absolute atomic E-state index is 0. The Labute approximate surface area is 191 Å². The van der Waals surface area contributed by atoms with Gasteiger partial charge in [0.2, 0.25) is 5.88 Å². The molecule has 1 unspecified atom stereocenters. The first-order valence-electron chi connectivity index (χ1n) is 9.34. The quantitative estimate of drug-likeness (QED) is 0.324. The molecule has 164 valence electrons. The van der Waals surface area contributed by atoms with Crippen LogP contribution in [-0.4, -0.2) is 50.8 Å². The number of nitrogens with one attached hydrogen (secondary N) is 2. The van der Waals surface area contributed by atoms with E-state index in [1.165, 1.54) is 0 Å². The van der Waals surface area contributed by atoms with Gasteiger partial charge in [-0.3, -0.25) is 4.99 Å². The fraction of sp³-hybridized carbons (Fsp3) is 0.400. The summed E-state index contributed by atoms with van der Waals surface area (Å²) in [6.45, 7) is -0.879. The number of alkyl halides is 2. The lowest BCUT2D eigenvalue weighted by molar-refractivity contribution is -0.0495. The van der Waals surface area contributed by atoms with Gasteiger partial charge in [0.1, 0.15) is 5.75 Å². The molecule has 1 atom stereocenters. The van der Waals surface area contributed by atoms with Crippen molar-refractivity contribution in [2.24, 2.45) is 4.99 Å². The SMILES string of the molecule is CN=C(NCc1ccc(OC)nc1)NC1CCN(c2ccccc2OC(F)F)C1.I. The Balaban J connectivity index is 0.00000320. The fourth-order valence-corrected chi connectivity index (χ4v) is 3.22. The first kappa shape index (κ1) is 23.9. The average Bonchev–Trinajstić information content (AvgIpc) is 3.19. The summed E-state index contributed by atoms with van der Waals surface area (Å²) >= 11 is 0. The van der Waals surface area contributed by atoms with Crippen molar-refractivity contribution >= 4 is 35.6 Å². The van der Waals surface area contributed by atoms with E-state index >= 15 is 0 Å². The summed E-state index contributed by atoms with van der Waals surface area (Å²) in [5, 5.41) is 6.64. The molecule has 0 spiro atoms. The van der Waals surface area contributed by atoms with Gasteiger partial charge in [0.15, 0.2) is 5.96 Å². The molecule has 0 saturated carbocycles. The Kier molecular flexibility index (Phi) is 9.34. The third-order valence-electron chi connectivity index (χ3n) is 4.64. The molecule has 2 N–H and O–H groups in total. The van der Waals surface area contributed by atoms with E-state index in [-0.39, 0.29) is 35.8 Å². The highest BCUT2D eigenvalue weighted by molar-refractivity contribution is 14.0. The van der Waals surface area contributed by atoms with Crippen LogP contribution in [0.1, 0.15) is 12.0 Å². The fourth-order valence-electron chi connectivity index (χ4n) is 3.22. The zero-order chi connectivity index (χ0) is 20.6. The van der Waals surface area contributed by atoms with Crippen LogP contribution in [0.2, 0.25) is 0 Å². The van der Waals surface area contributed by atoms with Crippen LogP contribution in [0.5, 0.6) is 11.6 Å². The summed E-state index contributed by atoms with van der Waals surface area (Å²) in [5.41, 5.74) is 1.67. The molecule has 1 aromatic carbocycles. The van der Waals surface area contributed by atoms with Gasteiger partial charge in [0.25, 0.3) is 0 Å². The van der Waals surface area contributed by atoms with Crippen molar-refractivity contribution in [2.75, 3.05) is 32.1 Å². The number of aromatic nitrogens is 1. The number of methoxy groups -OCH3 is 1. The second-order valence-corrected chi connectivity index (χ2v) is 6.56. The molecule has 0 bridgehead atoms. The van der Waals surface area contributed by atoms with Gasteiger partial charge >= 0.3 is 6.61 Å². The van der Waals surface area contributed by atoms with E-state index in [1.807, 2.05) is 17.0 Å². The van der Waals surface area contributed by atoms with Crippen LogP contribution in [0.15, 0.2) is 47.6 Å². The zero-order valence-electron chi connectivity index (χ0n) is 16.8. The maximum absolute atomic E-state index is 12.7. The van der Waals surface area contributed by atoms with Crippen molar-refractivity contribution in [3.05, 3.63) is 48.2 Å². The standard InChI is InChI=1S/C20H25F2N5O2.HI/c1-23-20(25-12-14-7-8-18(28-2)24-11-14)26-15-9-10-27(13-15)16-5-3-4-6-17(16)29-19(21)22;/h3-8,11,15,19H,9-10,12-13H2,1-2H3,(H2,23,25,26);1H. The third kappa shape index (κ3) is 6.57. The molecule has 30 heavy (non-hydrogen) atoms. The lowest BCUT2D eigenvalue weighted by Crippen LogP contribution is -2.44. The number of nitrogens with zero attached hydrogens (tertiary/aromatic N) is 3. The van der Waals surface area contributed by atoms with Gasteiger partial charge in [-0.2, -0.15) is 8.78 Å². The Morgan fingerprint density at radius 3 is 2.77 bits per heavy atom. The molecule has 7 nitrogen and oxygen atoms in total. The normalized spacial score (nSPS) is 16.2. The van der Waals surface area contributed by atoms with Crippen LogP contribution < -0.4 is 25.0 Å². The number of halogens is 3. The van der Waals surface area contributed by atoms with Gasteiger partial charge in [0, 0.05) is 45.0 Å². The summed E-state index contributed by atoms with van der Waals surface area (Å²) < 4.78 is 35.0. The molecule has 1 aliphatic heterocycles. The summed E-state index contributed by atoms with van der Waals surface area (Å²) in [7, 11) is 3.29. The predicted molar refractivity (Wildman–Crippen MR) is 123 cm³/mol. The van der Waals surface area contributed by atoms with Crippen LogP contribution in [0.4, 0.5) is 14.5 Å². The Bertz CT molecular complexity index is 823. The van der Waals surface area contributed by atoms with E-state index < -0.39 is 6.61 Å². The third-order valence-corrected chi connectivity index (χ3v) is 4.64. The van der Waals surface area contributed by atoms with Crippen LogP contribution in [0.3, 0.4) is 0 Å². The topological polar surface area (TPSA) is 71.0 Å². The number of rotatable bonds is 7. The van der Waals surface area contributed by atoms with Crippen LogP contribution in [0.25, 0.3) is 0 Å². The lowest BCUT2D eigenvalue weighted by atomic mass is 10.2. The number of ether oxygens (including phenoxy) is 2. The summed E-state index contributed by atoms with van der Waals surface area (Å²) in [6, 6.07) is 10.7. The monoisotopic (exact) mass is 533 g/mol. The van der Waals surface area contributed by atoms with E-state index in [4.69, 9.17) is 4.74 Å². The van der Waals surface area contributed by atoms with E-state index in [9.17, 15) is 8.78 Å². The summed E-state index contributed by atoms with van der Waals surface area (Å²) in [6.07, 6.45) is 2.60. The molecular formula is C20H26F2IN5O2. The van der Waals surface area contributed by atoms with Gasteiger partial charge in [-0.1, -0.05) is 18.2 Å². The number of guanidine groups is 1. The Morgan fingerprint density at radius 2 is 2.10 bits per heavy atom. The van der Waals surface area contributed by atoms with E-state index in [0.29, 0.717) is 30.6 Å². The molecule has 1 saturated heterocycles. The number of para-hydroxylation sites is 2. The molecule has 2 aromatic rings. The number of hydrogen-bond acceptors (Lipinski definition) is 5. The van der Waals surface area contributed by atoms with E-state index in [0.717, 1.165) is 18.5 Å². The van der Waals surface area contributed by atoms with Crippen molar-refractivity contribution in [1.82, 2.24) is 15.6 Å². The zero-order valence-corrected chi connectivity index (χ0v) is 19.2. The van der Waals surface area contributed by atoms with Gasteiger partial charge < -0.3 is 25.0 Å². The minimum Gasteiger partial charge on any atom is -0.481 e. The number of aliphatic imine (C=N–C) groups is 1. The lowest BCUT2D eigenvalue weighted by Gasteiger charge is -2.22. The number of benzene rings is 1. The second kappa shape index (κ2) is 11.7. The number of anilines is 1. The Morgan fingerprint density at radius 1 is 1.30 bits per heavy atom. The highest BCUT2D eigenvalue weighted by Gasteiger charge is 2.26. The molecule has 1 aliphatic rings. The molecule has 2 heterocycles. The van der Waals surface area contributed by atoms with Crippen molar-refractivity contribution in [2.45, 2.75) is 25.6 Å². The van der Waals surface area contributed by atoms with Crippen molar-refractivity contribution in [3.63, 3.8) is 0 Å². The smallest absolute Gasteiger partial charge is 0.387 e. The van der Waals surface area contributed by atoms with Crippen LogP contribution >= 0.6 is 24.0 Å². The molecule has 1 aromatic heterocycles. The predicted octanol–water partition coefficient (Wildman–Crippen LogP) is 3.25. The molecule has 0 radical (unpaired) electrons. The van der Waals surface area contributed by atoms with Gasteiger partial charge in [-0.15, -0.1) is 24.0 Å². The minimum atomic E-state index is -2.84. The number of pyridine rings is 1. The highest BCUT2D eigenvalue weighted by Crippen LogP contribution is 2.31. The van der Waals surface area contributed by atoms with Crippen LogP contribution in [-0.2, 0) is 6.54 Å². The van der Waals surface area contributed by atoms with Gasteiger partial charge in [0.05, 0.1) is 12.8 Å². The highest BCUT2D eigenvalue weighted by atomic mass is 127. The Hall–Kier alpha value is -2.37. The van der Waals surface area contributed by atoms with Crippen molar-refractivity contribution < 1.29 is 18.3 Å². The maximum atomic E-state index is 12.7. The maximum Gasteiger partial charge on any atom is 0.387 e. The first-order chi connectivity index (χ1) is 14.1. The second-order valence-electron chi connectivity index (χ2n) is 6.56. The van der Waals surface area contributed by atoms with E-state index in [2.05, 4.69) is 25.3 Å². The molecule has 1 fully saturated rings. The number of hydrogen-bond donors (Lipinski definition) is 2. The summed E-state index contributed by atoms with van der Waals surface area (Å²) in [5.74, 6) is 1.43. The van der Waals surface area contributed by atoms with E-state index in [1.54, 1.807) is 44.6 Å². The largest absolute Gasteiger partial charge is 0.481 e. The van der Waals surface area contributed by atoms with Gasteiger partial charge in [-0.25, -0.2) is 4.98 Å². The van der Waals surface area contributed by atoms with Gasteiger partial charge in [-0.05, 0) is 24.1 Å². The molecule has 0 amide bonds. The van der Waals surface area contributed by atoms with Crippen molar-refractivity contribution in [1.29, 1.82) is 0 Å². The average molecular weight is 533 g/mol. The first-order valence-corrected chi connectivity index (χ1v) is 9.34. The summed E-state index contributed by atoms with van der Waals surface area (Å²) in [4.78, 5) is 10.5. The molecule has 0 aliphatic carbocycles. The molecule has 10 heteroatoms. The van der Waals surface area contributed by atoms with Crippen LogP contribution in [0, 0.1) is 0 Å².